The summed E-state index contributed by atoms with van der Waals surface area (Å²) in [6.45, 7) is 0.751. The summed E-state index contributed by atoms with van der Waals surface area (Å²) < 4.78 is 3.82. The molecule has 1 amide bonds. The number of amides is 1. The summed E-state index contributed by atoms with van der Waals surface area (Å²) in [5.74, 6) is 0.830. The van der Waals surface area contributed by atoms with Crippen molar-refractivity contribution in [2.24, 2.45) is 0 Å². The number of para-hydroxylation sites is 1. The Labute approximate surface area is 140 Å². The van der Waals surface area contributed by atoms with Gasteiger partial charge in [0.2, 0.25) is 5.91 Å². The van der Waals surface area contributed by atoms with E-state index in [0.717, 1.165) is 43.0 Å². The molecule has 0 bridgehead atoms. The van der Waals surface area contributed by atoms with Crippen LogP contribution in [-0.4, -0.2) is 31.8 Å². The SMILES string of the molecule is O=C1NCCCCC1n1ccnc1-c1ccnn1-c1ccccc1. The standard InChI is InChI=1S/C18H19N5O/c24-18-16(8-4-5-10-20-18)22-13-12-19-17(22)15-9-11-21-23(15)14-6-2-1-3-7-14/h1-3,6-7,9,11-13,16H,4-5,8,10H2,(H,20,24). The van der Waals surface area contributed by atoms with Crippen molar-refractivity contribution in [1.82, 2.24) is 24.6 Å². The summed E-state index contributed by atoms with van der Waals surface area (Å²) in [7, 11) is 0. The number of benzene rings is 1. The van der Waals surface area contributed by atoms with Crippen LogP contribution in [0.4, 0.5) is 0 Å². The zero-order valence-corrected chi connectivity index (χ0v) is 13.3. The Morgan fingerprint density at radius 3 is 2.83 bits per heavy atom. The first-order valence-electron chi connectivity index (χ1n) is 8.25. The molecule has 6 nitrogen and oxygen atoms in total. The average molecular weight is 321 g/mol. The first-order chi connectivity index (χ1) is 11.8. The maximum Gasteiger partial charge on any atom is 0.243 e. The first kappa shape index (κ1) is 14.7. The average Bonchev–Trinajstić information content (AvgIpc) is 3.23. The fourth-order valence-electron chi connectivity index (χ4n) is 3.20. The van der Waals surface area contributed by atoms with Crippen LogP contribution in [0.1, 0.15) is 25.3 Å². The molecule has 4 rings (SSSR count). The van der Waals surface area contributed by atoms with Crippen molar-refractivity contribution in [3.05, 3.63) is 55.0 Å². The molecule has 1 atom stereocenters. The number of carbonyl (C=O) groups is 1. The maximum absolute atomic E-state index is 12.4. The van der Waals surface area contributed by atoms with Crippen LogP contribution < -0.4 is 5.32 Å². The van der Waals surface area contributed by atoms with E-state index in [0.29, 0.717) is 0 Å². The fourth-order valence-corrected chi connectivity index (χ4v) is 3.20. The highest BCUT2D eigenvalue weighted by Crippen LogP contribution is 2.27. The number of nitrogens with zero attached hydrogens (tertiary/aromatic N) is 4. The van der Waals surface area contributed by atoms with E-state index in [1.165, 1.54) is 0 Å². The zero-order valence-electron chi connectivity index (χ0n) is 13.3. The quantitative estimate of drug-likeness (QED) is 0.806. The van der Waals surface area contributed by atoms with Crippen LogP contribution in [0.3, 0.4) is 0 Å². The summed E-state index contributed by atoms with van der Waals surface area (Å²) in [6, 6.07) is 11.6. The third kappa shape index (κ3) is 2.60. The molecular weight excluding hydrogens is 302 g/mol. The van der Waals surface area contributed by atoms with Gasteiger partial charge in [0.25, 0.3) is 0 Å². The summed E-state index contributed by atoms with van der Waals surface area (Å²) in [4.78, 5) is 16.9. The predicted molar refractivity (Wildman–Crippen MR) is 90.7 cm³/mol. The van der Waals surface area contributed by atoms with Gasteiger partial charge in [-0.15, -0.1) is 0 Å². The number of hydrogen-bond acceptors (Lipinski definition) is 3. The second kappa shape index (κ2) is 6.31. The van der Waals surface area contributed by atoms with Crippen LogP contribution in [0.25, 0.3) is 17.2 Å². The van der Waals surface area contributed by atoms with Crippen LogP contribution in [-0.2, 0) is 4.79 Å². The summed E-state index contributed by atoms with van der Waals surface area (Å²) >= 11 is 0. The number of carbonyl (C=O) groups excluding carboxylic acids is 1. The van der Waals surface area contributed by atoms with Gasteiger partial charge in [-0.25, -0.2) is 9.67 Å². The molecule has 3 aromatic rings. The molecule has 1 aliphatic rings. The third-order valence-corrected chi connectivity index (χ3v) is 4.38. The van der Waals surface area contributed by atoms with E-state index in [4.69, 9.17) is 0 Å². The number of aromatic nitrogens is 4. The molecule has 3 heterocycles. The lowest BCUT2D eigenvalue weighted by Crippen LogP contribution is -2.31. The van der Waals surface area contributed by atoms with Gasteiger partial charge in [0.05, 0.1) is 11.9 Å². The van der Waals surface area contributed by atoms with Crippen molar-refractivity contribution in [1.29, 1.82) is 0 Å². The van der Waals surface area contributed by atoms with Crippen LogP contribution in [0.2, 0.25) is 0 Å². The lowest BCUT2D eigenvalue weighted by Gasteiger charge is -2.18. The Kier molecular flexibility index (Phi) is 3.86. The molecule has 6 heteroatoms. The Hall–Kier alpha value is -2.89. The van der Waals surface area contributed by atoms with Crippen LogP contribution in [0.15, 0.2) is 55.0 Å². The van der Waals surface area contributed by atoms with E-state index in [9.17, 15) is 4.79 Å². The van der Waals surface area contributed by atoms with E-state index < -0.39 is 0 Å². The van der Waals surface area contributed by atoms with Gasteiger partial charge in [-0.2, -0.15) is 5.10 Å². The molecule has 1 aliphatic heterocycles. The lowest BCUT2D eigenvalue weighted by molar-refractivity contribution is -0.124. The maximum atomic E-state index is 12.4. The van der Waals surface area contributed by atoms with Crippen molar-refractivity contribution >= 4 is 5.91 Å². The van der Waals surface area contributed by atoms with Crippen molar-refractivity contribution in [3.63, 3.8) is 0 Å². The van der Waals surface area contributed by atoms with Crippen molar-refractivity contribution in [3.8, 4) is 17.2 Å². The Morgan fingerprint density at radius 2 is 1.96 bits per heavy atom. The molecule has 0 saturated carbocycles. The minimum absolute atomic E-state index is 0.0672. The molecule has 122 valence electrons. The second-order valence-electron chi connectivity index (χ2n) is 5.92. The lowest BCUT2D eigenvalue weighted by atomic mass is 10.1. The molecule has 2 aromatic heterocycles. The highest BCUT2D eigenvalue weighted by Gasteiger charge is 2.25. The molecule has 0 radical (unpaired) electrons. The summed E-state index contributed by atoms with van der Waals surface area (Å²) in [5, 5.41) is 7.42. The van der Waals surface area contributed by atoms with Gasteiger partial charge in [-0.05, 0) is 37.5 Å². The number of nitrogens with one attached hydrogen (secondary N) is 1. The van der Waals surface area contributed by atoms with Gasteiger partial charge in [-0.1, -0.05) is 18.2 Å². The molecule has 1 fully saturated rings. The van der Waals surface area contributed by atoms with E-state index >= 15 is 0 Å². The Morgan fingerprint density at radius 1 is 1.08 bits per heavy atom. The smallest absolute Gasteiger partial charge is 0.243 e. The topological polar surface area (TPSA) is 64.7 Å². The minimum atomic E-state index is -0.218. The molecule has 24 heavy (non-hydrogen) atoms. The van der Waals surface area contributed by atoms with E-state index in [1.807, 2.05) is 51.8 Å². The van der Waals surface area contributed by atoms with Crippen molar-refractivity contribution in [2.45, 2.75) is 25.3 Å². The molecule has 1 aromatic carbocycles. The van der Waals surface area contributed by atoms with Gasteiger partial charge >= 0.3 is 0 Å². The van der Waals surface area contributed by atoms with Gasteiger partial charge in [0, 0.05) is 18.9 Å². The highest BCUT2D eigenvalue weighted by molar-refractivity contribution is 5.81. The summed E-state index contributed by atoms with van der Waals surface area (Å²) in [5.41, 5.74) is 1.85. The third-order valence-electron chi connectivity index (χ3n) is 4.38. The van der Waals surface area contributed by atoms with Crippen LogP contribution in [0.5, 0.6) is 0 Å². The van der Waals surface area contributed by atoms with Crippen molar-refractivity contribution < 1.29 is 4.79 Å². The predicted octanol–water partition coefficient (Wildman–Crippen LogP) is 2.58. The van der Waals surface area contributed by atoms with Crippen LogP contribution >= 0.6 is 0 Å². The fraction of sp³-hybridized carbons (Fsp3) is 0.278. The minimum Gasteiger partial charge on any atom is -0.354 e. The van der Waals surface area contributed by atoms with Gasteiger partial charge in [0.1, 0.15) is 11.7 Å². The normalized spacial score (nSPS) is 18.2. The number of imidazole rings is 1. The largest absolute Gasteiger partial charge is 0.354 e. The molecule has 1 saturated heterocycles. The molecular formula is C18H19N5O. The Balaban J connectivity index is 1.76. The summed E-state index contributed by atoms with van der Waals surface area (Å²) in [6.07, 6.45) is 8.26. The Bertz CT molecular complexity index is 836. The number of hydrogen-bond donors (Lipinski definition) is 1. The highest BCUT2D eigenvalue weighted by atomic mass is 16.2. The zero-order chi connectivity index (χ0) is 16.4. The first-order valence-corrected chi connectivity index (χ1v) is 8.25. The van der Waals surface area contributed by atoms with Gasteiger partial charge < -0.3 is 9.88 Å². The molecule has 0 spiro atoms. The van der Waals surface area contributed by atoms with Crippen molar-refractivity contribution in [2.75, 3.05) is 6.54 Å². The molecule has 1 unspecified atom stereocenters. The van der Waals surface area contributed by atoms with E-state index in [1.54, 1.807) is 12.4 Å². The van der Waals surface area contributed by atoms with Crippen LogP contribution in [0, 0.1) is 0 Å². The van der Waals surface area contributed by atoms with E-state index in [-0.39, 0.29) is 11.9 Å². The van der Waals surface area contributed by atoms with E-state index in [2.05, 4.69) is 15.4 Å². The van der Waals surface area contributed by atoms with Gasteiger partial charge in [-0.3, -0.25) is 4.79 Å². The molecule has 1 N–H and O–H groups in total. The second-order valence-corrected chi connectivity index (χ2v) is 5.92. The molecule has 0 aliphatic carbocycles. The van der Waals surface area contributed by atoms with Gasteiger partial charge in [0.15, 0.2) is 5.82 Å². The monoisotopic (exact) mass is 321 g/mol. The number of rotatable bonds is 3.